The molecule has 0 fully saturated rings. The smallest absolute Gasteiger partial charge is 0.339 e. The molecule has 0 aromatic heterocycles. The number of ether oxygens (including phenoxy) is 3. The Balaban J connectivity index is 1.71. The summed E-state index contributed by atoms with van der Waals surface area (Å²) >= 11 is 6.22. The van der Waals surface area contributed by atoms with Gasteiger partial charge in [-0.2, -0.15) is 0 Å². The summed E-state index contributed by atoms with van der Waals surface area (Å²) in [7, 11) is 2.99. The zero-order valence-corrected chi connectivity index (χ0v) is 15.6. The second-order valence-corrected chi connectivity index (χ2v) is 6.56. The van der Waals surface area contributed by atoms with Gasteiger partial charge in [0.1, 0.15) is 0 Å². The lowest BCUT2D eigenvalue weighted by Gasteiger charge is -2.16. The van der Waals surface area contributed by atoms with E-state index in [1.54, 1.807) is 6.07 Å². The van der Waals surface area contributed by atoms with Crippen LogP contribution in [0.3, 0.4) is 0 Å². The summed E-state index contributed by atoms with van der Waals surface area (Å²) in [5.74, 6) is 0.283. The molecule has 3 aromatic rings. The summed E-state index contributed by atoms with van der Waals surface area (Å²) in [5, 5.41) is 0.288. The predicted molar refractivity (Wildman–Crippen MR) is 104 cm³/mol. The number of carbonyl (C=O) groups is 1. The van der Waals surface area contributed by atoms with Crippen molar-refractivity contribution < 1.29 is 19.0 Å². The van der Waals surface area contributed by atoms with Crippen molar-refractivity contribution >= 4 is 17.6 Å². The summed E-state index contributed by atoms with van der Waals surface area (Å²) < 4.78 is 16.4. The Morgan fingerprint density at radius 2 is 1.48 bits per heavy atom. The van der Waals surface area contributed by atoms with Crippen molar-refractivity contribution in [3.63, 3.8) is 0 Å². The van der Waals surface area contributed by atoms with Crippen LogP contribution < -0.4 is 9.47 Å². The van der Waals surface area contributed by atoms with Gasteiger partial charge in [0, 0.05) is 11.1 Å². The Bertz CT molecular complexity index is 983. The standard InChI is InChI=1S/C22H17ClO4/c1-25-19-12-13(11-18(23)21(19)26-2)22(24)27-20-16-9-5-3-7-14(16)15-8-4-6-10-17(15)20/h3-12,20H,1-2H3. The molecule has 0 unspecified atom stereocenters. The molecule has 1 aliphatic rings. The van der Waals surface area contributed by atoms with E-state index in [1.807, 2.05) is 48.5 Å². The number of hydrogen-bond donors (Lipinski definition) is 0. The Kier molecular flexibility index (Phi) is 4.50. The van der Waals surface area contributed by atoms with E-state index in [1.165, 1.54) is 20.3 Å². The fourth-order valence-electron chi connectivity index (χ4n) is 3.45. The van der Waals surface area contributed by atoms with Gasteiger partial charge < -0.3 is 14.2 Å². The molecule has 0 saturated carbocycles. The van der Waals surface area contributed by atoms with Crippen LogP contribution in [0, 0.1) is 0 Å². The topological polar surface area (TPSA) is 44.8 Å². The monoisotopic (exact) mass is 380 g/mol. The molecule has 0 bridgehead atoms. The first-order chi connectivity index (χ1) is 13.1. The van der Waals surface area contributed by atoms with Gasteiger partial charge in [-0.1, -0.05) is 60.1 Å². The molecule has 5 heteroatoms. The zero-order chi connectivity index (χ0) is 19.0. The second-order valence-electron chi connectivity index (χ2n) is 6.15. The van der Waals surface area contributed by atoms with Crippen LogP contribution in [-0.2, 0) is 4.74 Å². The molecular formula is C22H17ClO4. The van der Waals surface area contributed by atoms with Gasteiger partial charge in [-0.05, 0) is 23.3 Å². The van der Waals surface area contributed by atoms with Crippen molar-refractivity contribution in [3.8, 4) is 22.6 Å². The van der Waals surface area contributed by atoms with Crippen LogP contribution in [0.1, 0.15) is 27.6 Å². The Morgan fingerprint density at radius 3 is 2.04 bits per heavy atom. The van der Waals surface area contributed by atoms with E-state index >= 15 is 0 Å². The van der Waals surface area contributed by atoms with Crippen molar-refractivity contribution in [2.75, 3.05) is 14.2 Å². The highest BCUT2D eigenvalue weighted by Crippen LogP contribution is 2.45. The fraction of sp³-hybridized carbons (Fsp3) is 0.136. The maximum atomic E-state index is 12.9. The van der Waals surface area contributed by atoms with E-state index in [9.17, 15) is 4.79 Å². The first kappa shape index (κ1) is 17.4. The van der Waals surface area contributed by atoms with E-state index < -0.39 is 12.1 Å². The highest BCUT2D eigenvalue weighted by molar-refractivity contribution is 6.32. The van der Waals surface area contributed by atoms with Gasteiger partial charge in [0.15, 0.2) is 17.6 Å². The van der Waals surface area contributed by atoms with Gasteiger partial charge in [0.25, 0.3) is 0 Å². The maximum Gasteiger partial charge on any atom is 0.339 e. The summed E-state index contributed by atoms with van der Waals surface area (Å²) in [4.78, 5) is 12.9. The van der Waals surface area contributed by atoms with Crippen molar-refractivity contribution in [1.29, 1.82) is 0 Å². The van der Waals surface area contributed by atoms with Gasteiger partial charge >= 0.3 is 5.97 Å². The number of rotatable bonds is 4. The van der Waals surface area contributed by atoms with Crippen LogP contribution in [0.4, 0.5) is 0 Å². The van der Waals surface area contributed by atoms with Crippen molar-refractivity contribution in [2.45, 2.75) is 6.10 Å². The molecule has 0 heterocycles. The van der Waals surface area contributed by atoms with Gasteiger partial charge in [0.2, 0.25) is 0 Å². The number of carbonyl (C=O) groups excluding carboxylic acids is 1. The zero-order valence-electron chi connectivity index (χ0n) is 14.9. The number of esters is 1. The summed E-state index contributed by atoms with van der Waals surface area (Å²) in [6.45, 7) is 0. The number of halogens is 1. The normalized spacial score (nSPS) is 12.3. The van der Waals surface area contributed by atoms with Gasteiger partial charge in [-0.15, -0.1) is 0 Å². The molecule has 3 aromatic carbocycles. The highest BCUT2D eigenvalue weighted by atomic mass is 35.5. The van der Waals surface area contributed by atoms with Crippen LogP contribution in [-0.4, -0.2) is 20.2 Å². The van der Waals surface area contributed by atoms with E-state index in [4.69, 9.17) is 25.8 Å². The third kappa shape index (κ3) is 2.92. The fourth-order valence-corrected chi connectivity index (χ4v) is 3.74. The van der Waals surface area contributed by atoms with Crippen molar-refractivity contribution in [3.05, 3.63) is 82.4 Å². The van der Waals surface area contributed by atoms with Gasteiger partial charge in [0.05, 0.1) is 24.8 Å². The molecule has 4 nitrogen and oxygen atoms in total. The van der Waals surface area contributed by atoms with E-state index in [-0.39, 0.29) is 5.02 Å². The Morgan fingerprint density at radius 1 is 0.889 bits per heavy atom. The van der Waals surface area contributed by atoms with Crippen molar-refractivity contribution in [2.24, 2.45) is 0 Å². The van der Waals surface area contributed by atoms with E-state index in [0.717, 1.165) is 22.3 Å². The average molecular weight is 381 g/mol. The lowest BCUT2D eigenvalue weighted by atomic mass is 10.1. The molecule has 0 saturated heterocycles. The molecule has 1 aliphatic carbocycles. The van der Waals surface area contributed by atoms with Crippen LogP contribution in [0.5, 0.6) is 11.5 Å². The first-order valence-corrected chi connectivity index (χ1v) is 8.82. The SMILES string of the molecule is COc1cc(C(=O)OC2c3ccccc3-c3ccccc32)cc(Cl)c1OC. The molecule has 0 aliphatic heterocycles. The largest absolute Gasteiger partial charge is 0.493 e. The molecule has 27 heavy (non-hydrogen) atoms. The minimum absolute atomic E-state index is 0.288. The number of benzene rings is 3. The molecule has 0 atom stereocenters. The molecule has 0 radical (unpaired) electrons. The molecule has 0 amide bonds. The summed E-state index contributed by atoms with van der Waals surface area (Å²) in [5.41, 5.74) is 4.41. The number of methoxy groups -OCH3 is 2. The van der Waals surface area contributed by atoms with Crippen LogP contribution in [0.2, 0.25) is 5.02 Å². The summed E-state index contributed by atoms with van der Waals surface area (Å²) in [6, 6.07) is 19.0. The number of hydrogen-bond acceptors (Lipinski definition) is 4. The highest BCUT2D eigenvalue weighted by Gasteiger charge is 2.31. The lowest BCUT2D eigenvalue weighted by Crippen LogP contribution is -2.11. The lowest BCUT2D eigenvalue weighted by molar-refractivity contribution is 0.0385. The molecule has 0 spiro atoms. The minimum atomic E-state index is -0.477. The predicted octanol–water partition coefficient (Wildman–Crippen LogP) is 5.28. The van der Waals surface area contributed by atoms with Gasteiger partial charge in [-0.25, -0.2) is 4.79 Å². The Hall–Kier alpha value is -2.98. The van der Waals surface area contributed by atoms with Crippen LogP contribution in [0.25, 0.3) is 11.1 Å². The van der Waals surface area contributed by atoms with E-state index in [2.05, 4.69) is 0 Å². The van der Waals surface area contributed by atoms with Gasteiger partial charge in [-0.3, -0.25) is 0 Å². The van der Waals surface area contributed by atoms with E-state index in [0.29, 0.717) is 17.1 Å². The molecular weight excluding hydrogens is 364 g/mol. The summed E-state index contributed by atoms with van der Waals surface area (Å²) in [6.07, 6.45) is -0.461. The van der Waals surface area contributed by atoms with Crippen molar-refractivity contribution in [1.82, 2.24) is 0 Å². The third-order valence-corrected chi connectivity index (χ3v) is 4.95. The third-order valence-electron chi connectivity index (χ3n) is 4.67. The minimum Gasteiger partial charge on any atom is -0.493 e. The quantitative estimate of drug-likeness (QED) is 0.577. The Labute approximate surface area is 162 Å². The molecule has 0 N–H and O–H groups in total. The van der Waals surface area contributed by atoms with Crippen LogP contribution >= 0.6 is 11.6 Å². The molecule has 4 rings (SSSR count). The van der Waals surface area contributed by atoms with Crippen LogP contribution in [0.15, 0.2) is 60.7 Å². The molecule has 136 valence electrons. The second kappa shape index (κ2) is 6.97. The first-order valence-electron chi connectivity index (χ1n) is 8.44. The average Bonchev–Trinajstić information content (AvgIpc) is 3.01. The maximum absolute atomic E-state index is 12.9. The number of fused-ring (bicyclic) bond motifs is 3.